The normalized spacial score (nSPS) is 10.6. The number of hydrogen-bond acceptors (Lipinski definition) is 8. The minimum atomic E-state index is -0.0916. The Kier molecular flexibility index (Phi) is 14.7. The van der Waals surface area contributed by atoms with Crippen LogP contribution in [0.15, 0.2) is 110 Å². The van der Waals surface area contributed by atoms with Crippen molar-refractivity contribution in [3.63, 3.8) is 0 Å². The lowest BCUT2D eigenvalue weighted by molar-refractivity contribution is -0.143. The van der Waals surface area contributed by atoms with Crippen LogP contribution in [0.2, 0.25) is 0 Å². The van der Waals surface area contributed by atoms with E-state index < -0.39 is 0 Å². The number of hydrogen-bond donors (Lipinski definition) is 1. The van der Waals surface area contributed by atoms with Gasteiger partial charge in [0, 0.05) is 35.2 Å². The Hall–Kier alpha value is -6.03. The fourth-order valence-electron chi connectivity index (χ4n) is 6.12. The number of benzene rings is 4. The van der Waals surface area contributed by atoms with Gasteiger partial charge in [-0.25, -0.2) is 9.97 Å². The molecular formula is C44H50N4O6. The Morgan fingerprint density at radius 2 is 1.04 bits per heavy atom. The van der Waals surface area contributed by atoms with Crippen molar-refractivity contribution in [1.82, 2.24) is 19.5 Å². The monoisotopic (exact) mass is 730 g/mol. The Labute approximate surface area is 318 Å². The number of carbonyl (C=O) groups is 1. The fourth-order valence-corrected chi connectivity index (χ4v) is 6.12. The molecule has 4 aromatic carbocycles. The van der Waals surface area contributed by atoms with E-state index in [1.165, 1.54) is 0 Å². The Bertz CT molecular complexity index is 1940. The minimum absolute atomic E-state index is 0.0916. The highest BCUT2D eigenvalue weighted by atomic mass is 16.5. The molecule has 0 radical (unpaired) electrons. The SMILES string of the molecule is CCOC(=O)CCCCCCCn1cnc(-c2ccc(OC)cc2)c1-c1ccc(OC)cc1.COc1ccc(-c2nc[nH]c2-c2ccc(OC)cc2)cc1. The van der Waals surface area contributed by atoms with Gasteiger partial charge in [0.2, 0.25) is 0 Å². The molecule has 1 N–H and O–H groups in total. The first-order valence-corrected chi connectivity index (χ1v) is 18.3. The van der Waals surface area contributed by atoms with Crippen LogP contribution in [0.1, 0.15) is 45.4 Å². The lowest BCUT2D eigenvalue weighted by atomic mass is 10.0. The van der Waals surface area contributed by atoms with Crippen LogP contribution in [-0.4, -0.2) is 60.5 Å². The van der Waals surface area contributed by atoms with E-state index in [4.69, 9.17) is 28.7 Å². The first-order valence-electron chi connectivity index (χ1n) is 18.3. The van der Waals surface area contributed by atoms with Gasteiger partial charge in [-0.2, -0.15) is 0 Å². The predicted octanol–water partition coefficient (Wildman–Crippen LogP) is 9.90. The number of esters is 1. The molecule has 0 aliphatic rings. The van der Waals surface area contributed by atoms with Gasteiger partial charge < -0.3 is 33.2 Å². The first-order chi connectivity index (χ1) is 26.5. The van der Waals surface area contributed by atoms with E-state index in [2.05, 4.69) is 26.7 Å². The number of nitrogens with one attached hydrogen (secondary N) is 1. The third-order valence-corrected chi connectivity index (χ3v) is 9.03. The van der Waals surface area contributed by atoms with Gasteiger partial charge in [0.25, 0.3) is 0 Å². The Balaban J connectivity index is 0.000000228. The summed E-state index contributed by atoms with van der Waals surface area (Å²) in [6.07, 6.45) is 9.37. The van der Waals surface area contributed by atoms with Gasteiger partial charge in [-0.15, -0.1) is 0 Å². The molecule has 0 fully saturated rings. The molecule has 2 aromatic heterocycles. The molecule has 0 atom stereocenters. The molecule has 2 heterocycles. The highest BCUT2D eigenvalue weighted by molar-refractivity contribution is 5.80. The molecule has 0 unspecified atom stereocenters. The van der Waals surface area contributed by atoms with Crippen LogP contribution in [-0.2, 0) is 16.1 Å². The third-order valence-electron chi connectivity index (χ3n) is 9.03. The summed E-state index contributed by atoms with van der Waals surface area (Å²) in [5, 5.41) is 0. The first kappa shape index (κ1) is 39.2. The van der Waals surface area contributed by atoms with E-state index in [-0.39, 0.29) is 5.97 Å². The van der Waals surface area contributed by atoms with Gasteiger partial charge in [-0.05, 0) is 117 Å². The van der Waals surface area contributed by atoms with Gasteiger partial charge in [0.15, 0.2) is 0 Å². The number of H-pyrrole nitrogens is 1. The molecule has 0 aliphatic carbocycles. The maximum atomic E-state index is 11.4. The molecule has 0 spiro atoms. The summed E-state index contributed by atoms with van der Waals surface area (Å²) in [5.74, 6) is 3.24. The van der Waals surface area contributed by atoms with E-state index >= 15 is 0 Å². The van der Waals surface area contributed by atoms with Crippen LogP contribution in [0.25, 0.3) is 45.0 Å². The fraction of sp³-hybridized carbons (Fsp3) is 0.295. The number of aromatic amines is 1. The Morgan fingerprint density at radius 3 is 1.56 bits per heavy atom. The van der Waals surface area contributed by atoms with Gasteiger partial charge in [0.05, 0.1) is 70.5 Å². The van der Waals surface area contributed by atoms with E-state index in [0.29, 0.717) is 13.0 Å². The molecule has 282 valence electrons. The maximum absolute atomic E-state index is 11.4. The number of unbranched alkanes of at least 4 members (excludes halogenated alkanes) is 4. The van der Waals surface area contributed by atoms with Crippen molar-refractivity contribution in [3.8, 4) is 68.0 Å². The van der Waals surface area contributed by atoms with Crippen LogP contribution in [0.3, 0.4) is 0 Å². The zero-order chi connectivity index (χ0) is 38.1. The van der Waals surface area contributed by atoms with Crippen molar-refractivity contribution in [2.75, 3.05) is 35.0 Å². The zero-order valence-electron chi connectivity index (χ0n) is 31.8. The van der Waals surface area contributed by atoms with Crippen LogP contribution in [0.4, 0.5) is 0 Å². The quantitative estimate of drug-likeness (QED) is 0.0730. The summed E-state index contributed by atoms with van der Waals surface area (Å²) in [4.78, 5) is 23.8. The summed E-state index contributed by atoms with van der Waals surface area (Å²) in [7, 11) is 6.67. The Morgan fingerprint density at radius 1 is 0.574 bits per heavy atom. The van der Waals surface area contributed by atoms with Crippen LogP contribution in [0, 0.1) is 0 Å². The highest BCUT2D eigenvalue weighted by Gasteiger charge is 2.16. The molecule has 0 aliphatic heterocycles. The van der Waals surface area contributed by atoms with E-state index in [0.717, 1.165) is 107 Å². The van der Waals surface area contributed by atoms with Crippen molar-refractivity contribution in [1.29, 1.82) is 0 Å². The molecule has 10 heteroatoms. The standard InChI is InChI=1S/C27H34N2O4.C17H16N2O2/c1-4-33-25(30)10-8-6-5-7-9-19-29-20-28-26(21-11-15-23(31-2)16-12-21)27(29)22-13-17-24(32-3)18-14-22;1-20-14-7-3-12(4-8-14)16-17(19-11-18-16)13-5-9-15(21-2)10-6-13/h11-18,20H,4-10,19H2,1-3H3;3-11H,1-2H3,(H,18,19). The number of methoxy groups -OCH3 is 4. The van der Waals surface area contributed by atoms with Crippen molar-refractivity contribution in [2.45, 2.75) is 52.0 Å². The van der Waals surface area contributed by atoms with Crippen molar-refractivity contribution < 1.29 is 28.5 Å². The largest absolute Gasteiger partial charge is 0.497 e. The smallest absolute Gasteiger partial charge is 0.305 e. The number of carbonyl (C=O) groups excluding carboxylic acids is 1. The third kappa shape index (κ3) is 10.5. The molecule has 6 rings (SSSR count). The molecule has 0 saturated carbocycles. The number of imidazole rings is 2. The van der Waals surface area contributed by atoms with Crippen LogP contribution >= 0.6 is 0 Å². The molecule has 54 heavy (non-hydrogen) atoms. The summed E-state index contributed by atoms with van der Waals surface area (Å²) < 4.78 is 28.2. The van der Waals surface area contributed by atoms with E-state index in [1.54, 1.807) is 34.8 Å². The number of ether oxygens (including phenoxy) is 5. The molecule has 6 aromatic rings. The second kappa shape index (κ2) is 20.3. The summed E-state index contributed by atoms with van der Waals surface area (Å²) in [5.41, 5.74) is 8.24. The molecule has 10 nitrogen and oxygen atoms in total. The second-order valence-corrected chi connectivity index (χ2v) is 12.5. The number of aromatic nitrogens is 4. The molecule has 0 bridgehead atoms. The zero-order valence-corrected chi connectivity index (χ0v) is 31.8. The van der Waals surface area contributed by atoms with Gasteiger partial charge >= 0.3 is 5.97 Å². The van der Waals surface area contributed by atoms with E-state index in [1.807, 2.05) is 98.2 Å². The van der Waals surface area contributed by atoms with Crippen LogP contribution in [0.5, 0.6) is 23.0 Å². The predicted molar refractivity (Wildman–Crippen MR) is 213 cm³/mol. The minimum Gasteiger partial charge on any atom is -0.497 e. The van der Waals surface area contributed by atoms with Crippen molar-refractivity contribution in [3.05, 3.63) is 110 Å². The van der Waals surface area contributed by atoms with Crippen molar-refractivity contribution >= 4 is 5.97 Å². The summed E-state index contributed by atoms with van der Waals surface area (Å²) in [6, 6.07) is 31.9. The second-order valence-electron chi connectivity index (χ2n) is 12.5. The van der Waals surface area contributed by atoms with Gasteiger partial charge in [0.1, 0.15) is 23.0 Å². The molecule has 0 saturated heterocycles. The van der Waals surface area contributed by atoms with Crippen LogP contribution < -0.4 is 18.9 Å². The lowest BCUT2D eigenvalue weighted by Crippen LogP contribution is -2.03. The number of rotatable bonds is 17. The molecular weight excluding hydrogens is 681 g/mol. The summed E-state index contributed by atoms with van der Waals surface area (Å²) >= 11 is 0. The number of aryl methyl sites for hydroxylation is 1. The average molecular weight is 731 g/mol. The topological polar surface area (TPSA) is 110 Å². The van der Waals surface area contributed by atoms with Gasteiger partial charge in [-0.1, -0.05) is 19.3 Å². The average Bonchev–Trinajstić information content (AvgIpc) is 3.89. The lowest BCUT2D eigenvalue weighted by Gasteiger charge is -2.12. The summed E-state index contributed by atoms with van der Waals surface area (Å²) in [6.45, 7) is 3.19. The van der Waals surface area contributed by atoms with Gasteiger partial charge in [-0.3, -0.25) is 4.79 Å². The van der Waals surface area contributed by atoms with Crippen molar-refractivity contribution in [2.24, 2.45) is 0 Å². The highest BCUT2D eigenvalue weighted by Crippen LogP contribution is 2.34. The maximum Gasteiger partial charge on any atom is 0.305 e. The number of nitrogens with zero attached hydrogens (tertiary/aromatic N) is 3. The van der Waals surface area contributed by atoms with E-state index in [9.17, 15) is 4.79 Å². The molecule has 0 amide bonds.